The first-order valence-electron chi connectivity index (χ1n) is 23.9. The van der Waals surface area contributed by atoms with Crippen LogP contribution < -0.4 is 14.8 Å². The van der Waals surface area contributed by atoms with Gasteiger partial charge in [0.2, 0.25) is 6.79 Å². The molecule has 0 saturated carbocycles. The highest BCUT2D eigenvalue weighted by Crippen LogP contribution is 2.57. The number of methoxy groups -OCH3 is 2. The van der Waals surface area contributed by atoms with E-state index in [-0.39, 0.29) is 67.6 Å². The number of esters is 1. The molecule has 72 heavy (non-hydrogen) atoms. The number of amides is 1. The van der Waals surface area contributed by atoms with Crippen molar-refractivity contribution < 1.29 is 66.9 Å². The topological polar surface area (TPSA) is 214 Å². The van der Waals surface area contributed by atoms with E-state index in [4.69, 9.17) is 42.6 Å². The largest absolute Gasteiger partial charge is 0.493 e. The molecule has 3 saturated heterocycles. The molecule has 19 heteroatoms. The molecule has 1 unspecified atom stereocenters. The molecule has 382 valence electrons. The Kier molecular flexibility index (Phi) is 14.4. The zero-order chi connectivity index (χ0) is 51.2. The van der Waals surface area contributed by atoms with Crippen LogP contribution in [0, 0.1) is 18.3 Å². The van der Waals surface area contributed by atoms with Crippen LogP contribution in [0.4, 0.5) is 9.59 Å². The number of aryl methyl sites for hydroxylation is 1. The maximum Gasteiger partial charge on any atom is 0.408 e. The Balaban J connectivity index is 1.03. The summed E-state index contributed by atoms with van der Waals surface area (Å²) in [5, 5.41) is 26.2. The molecule has 9 rings (SSSR count). The number of nitrogens with one attached hydrogen (secondary N) is 1. The Bertz CT molecular complexity index is 2720. The summed E-state index contributed by atoms with van der Waals surface area (Å²) >= 11 is 0.687. The number of piperazine rings is 1. The van der Waals surface area contributed by atoms with Gasteiger partial charge in [0, 0.05) is 54.0 Å². The molecule has 4 aliphatic heterocycles. The summed E-state index contributed by atoms with van der Waals surface area (Å²) in [5.41, 5.74) is 3.72. The SMILES string of the molecule is COCCOCOc1c(OC)c(C)cc2c1[C@@H]1[C@@H]3CC4(O)C(=O)C(C)=C5OCOC5=C4[C@H](COC(=O)[C@H](CSC(=O)OCC4c5ccccc5-c5ccccc54)NC(=O)OC(C)(C)C)N3[C@@H](C#N)[C@H](C2)N1C. The van der Waals surface area contributed by atoms with E-state index in [2.05, 4.69) is 16.3 Å². The predicted molar refractivity (Wildman–Crippen MR) is 261 cm³/mol. The molecule has 3 aromatic carbocycles. The average Bonchev–Trinajstić information content (AvgIpc) is 3.96. The lowest BCUT2D eigenvalue weighted by Gasteiger charge is -2.62. The van der Waals surface area contributed by atoms with Crippen LogP contribution in [0.3, 0.4) is 0 Å². The third kappa shape index (κ3) is 9.17. The van der Waals surface area contributed by atoms with Crippen molar-refractivity contribution in [3.8, 4) is 28.7 Å². The number of carbonyl (C=O) groups excluding carboxylic acids is 4. The molecule has 0 aromatic heterocycles. The molecule has 7 atom stereocenters. The molecule has 0 radical (unpaired) electrons. The zero-order valence-electron chi connectivity index (χ0n) is 41.6. The van der Waals surface area contributed by atoms with Gasteiger partial charge in [-0.05, 0) is 93.2 Å². The number of hydrogen-bond donors (Lipinski definition) is 2. The summed E-state index contributed by atoms with van der Waals surface area (Å²) in [6.07, 6.45) is -0.727. The van der Waals surface area contributed by atoms with Gasteiger partial charge >= 0.3 is 17.4 Å². The molecule has 4 heterocycles. The van der Waals surface area contributed by atoms with Crippen LogP contribution in [-0.4, -0.2) is 146 Å². The number of ketones is 1. The molecule has 2 bridgehead atoms. The van der Waals surface area contributed by atoms with Crippen molar-refractivity contribution in [1.82, 2.24) is 15.1 Å². The second-order valence-electron chi connectivity index (χ2n) is 19.7. The number of Topliss-reactive ketones (excluding diaryl/α,β-unsaturated/α-hetero) is 1. The van der Waals surface area contributed by atoms with Crippen molar-refractivity contribution in [3.05, 3.63) is 105 Å². The van der Waals surface area contributed by atoms with E-state index in [1.807, 2.05) is 73.5 Å². The first-order chi connectivity index (χ1) is 34.5. The lowest BCUT2D eigenvalue weighted by Crippen LogP contribution is -2.74. The van der Waals surface area contributed by atoms with E-state index in [0.29, 0.717) is 36.3 Å². The number of fused-ring (bicyclic) bond motifs is 11. The summed E-state index contributed by atoms with van der Waals surface area (Å²) in [5.74, 6) is -0.930. The van der Waals surface area contributed by atoms with Gasteiger partial charge in [0.1, 0.15) is 30.9 Å². The zero-order valence-corrected chi connectivity index (χ0v) is 42.4. The highest BCUT2D eigenvalue weighted by Gasteiger charge is 2.64. The summed E-state index contributed by atoms with van der Waals surface area (Å²) in [6.45, 7) is 8.24. The summed E-state index contributed by atoms with van der Waals surface area (Å²) < 4.78 is 52.7. The van der Waals surface area contributed by atoms with Gasteiger partial charge in [-0.25, -0.2) is 14.4 Å². The van der Waals surface area contributed by atoms with Crippen LogP contribution in [0.2, 0.25) is 0 Å². The fraction of sp³-hybridized carbons (Fsp3) is 0.491. The number of carbonyl (C=O) groups is 4. The molecular formula is C53H60N4O14S. The van der Waals surface area contributed by atoms with Gasteiger partial charge in [-0.3, -0.25) is 14.6 Å². The fourth-order valence-corrected chi connectivity index (χ4v) is 12.1. The van der Waals surface area contributed by atoms with Gasteiger partial charge in [-0.1, -0.05) is 54.6 Å². The number of thioether (sulfide) groups is 1. The molecule has 3 fully saturated rings. The average molecular weight is 1010 g/mol. The van der Waals surface area contributed by atoms with Gasteiger partial charge in [0.05, 0.1) is 38.5 Å². The molecule has 2 N–H and O–H groups in total. The first kappa shape index (κ1) is 50.8. The van der Waals surface area contributed by atoms with E-state index < -0.39 is 77.2 Å². The third-order valence-electron chi connectivity index (χ3n) is 14.3. The van der Waals surface area contributed by atoms with E-state index in [1.165, 1.54) is 0 Å². The standard InChI is InChI=1S/C53H60N4O14S/c1-28-19-30-20-37-39(22-54)57-38(43(56(37)6)41(30)46(44(28)64-8)68-26-65-18-17-63-7)21-53(62)42(47-45(69-27-70-47)29(2)48(53)58)40(57)24-66-49(59)36(55-50(60)71-52(3,4)5)25-72-51(61)67-23-35-33-15-11-9-13-31(33)32-14-10-12-16-34(32)35/h9-16,19,35-40,43,62H,17-18,20-21,23-27H2,1-8H3,(H,55,60)/t36-,37-,38-,39-,40-,43-,53?/m0/s1. The number of likely N-dealkylation sites (N-methyl/N-ethyl adjacent to an activating group) is 1. The first-order valence-corrected chi connectivity index (χ1v) is 24.9. The molecule has 1 amide bonds. The summed E-state index contributed by atoms with van der Waals surface area (Å²) in [4.78, 5) is 60.1. The lowest BCUT2D eigenvalue weighted by molar-refractivity contribution is -0.159. The van der Waals surface area contributed by atoms with Gasteiger partial charge < -0.3 is 53.1 Å². The molecular weight excluding hydrogens is 949 g/mol. The fourth-order valence-electron chi connectivity index (χ4n) is 11.4. The number of aliphatic hydroxyl groups is 1. The number of nitriles is 1. The minimum Gasteiger partial charge on any atom is -0.493 e. The van der Waals surface area contributed by atoms with Gasteiger partial charge in [0.25, 0.3) is 0 Å². The van der Waals surface area contributed by atoms with Crippen LogP contribution in [0.15, 0.2) is 77.3 Å². The Hall–Kier alpha value is -6.14. The summed E-state index contributed by atoms with van der Waals surface area (Å²) in [6, 6.07) is 15.1. The normalized spacial score (nSPS) is 24.5. The van der Waals surface area contributed by atoms with Crippen LogP contribution in [0.5, 0.6) is 11.5 Å². The van der Waals surface area contributed by atoms with Crippen molar-refractivity contribution in [2.24, 2.45) is 0 Å². The van der Waals surface area contributed by atoms with E-state index >= 15 is 0 Å². The van der Waals surface area contributed by atoms with E-state index in [1.54, 1.807) is 41.9 Å². The number of nitrogens with zero attached hydrogens (tertiary/aromatic N) is 3. The maximum absolute atomic E-state index is 14.7. The molecule has 18 nitrogen and oxygen atoms in total. The monoisotopic (exact) mass is 1010 g/mol. The second-order valence-corrected chi connectivity index (χ2v) is 20.7. The molecule has 6 aliphatic rings. The van der Waals surface area contributed by atoms with Gasteiger partial charge in [-0.15, -0.1) is 0 Å². The smallest absolute Gasteiger partial charge is 0.408 e. The Morgan fingerprint density at radius 1 is 0.972 bits per heavy atom. The molecule has 2 aliphatic carbocycles. The second kappa shape index (κ2) is 20.4. The van der Waals surface area contributed by atoms with Crippen molar-refractivity contribution >= 4 is 34.9 Å². The third-order valence-corrected chi connectivity index (χ3v) is 15.2. The highest BCUT2D eigenvalue weighted by atomic mass is 32.2. The van der Waals surface area contributed by atoms with Gasteiger partial charge in [-0.2, -0.15) is 5.26 Å². The van der Waals surface area contributed by atoms with E-state index in [9.17, 15) is 29.5 Å². The van der Waals surface area contributed by atoms with Gasteiger partial charge in [0.15, 0.2) is 41.2 Å². The number of ether oxygens (including phenoxy) is 9. The van der Waals surface area contributed by atoms with Crippen molar-refractivity contribution in [2.45, 2.75) is 101 Å². The Labute approximate surface area is 422 Å². The number of piperidine rings is 1. The Morgan fingerprint density at radius 2 is 1.67 bits per heavy atom. The number of alkyl carbamates (subject to hydrolysis) is 1. The number of rotatable bonds is 15. The number of benzene rings is 3. The molecule has 3 aromatic rings. The van der Waals surface area contributed by atoms with Crippen LogP contribution >= 0.6 is 11.8 Å². The number of hydrogen-bond acceptors (Lipinski definition) is 18. The Morgan fingerprint density at radius 3 is 2.33 bits per heavy atom. The van der Waals surface area contributed by atoms with Crippen LogP contribution in [0.1, 0.15) is 73.9 Å². The van der Waals surface area contributed by atoms with Crippen molar-refractivity contribution in [2.75, 3.05) is 67.0 Å². The van der Waals surface area contributed by atoms with Crippen molar-refractivity contribution in [1.29, 1.82) is 5.26 Å². The minimum atomic E-state index is -2.21. The quantitative estimate of drug-likeness (QED) is 0.0749. The minimum absolute atomic E-state index is 0.0395. The van der Waals surface area contributed by atoms with Crippen LogP contribution in [0.25, 0.3) is 11.1 Å². The molecule has 0 spiro atoms. The van der Waals surface area contributed by atoms with Crippen LogP contribution in [-0.2, 0) is 49.2 Å². The highest BCUT2D eigenvalue weighted by molar-refractivity contribution is 8.13. The predicted octanol–water partition coefficient (Wildman–Crippen LogP) is 6.21. The maximum atomic E-state index is 14.7. The van der Waals surface area contributed by atoms with E-state index in [0.717, 1.165) is 38.9 Å². The van der Waals surface area contributed by atoms with Crippen molar-refractivity contribution in [3.63, 3.8) is 0 Å². The lowest BCUT2D eigenvalue weighted by atomic mass is 9.65. The summed E-state index contributed by atoms with van der Waals surface area (Å²) in [7, 11) is 5.02.